The molecule has 0 amide bonds. The second-order valence-electron chi connectivity index (χ2n) is 8.10. The van der Waals surface area contributed by atoms with Gasteiger partial charge in [-0.25, -0.2) is 4.79 Å². The first kappa shape index (κ1) is 28.6. The molecular weight excluding hydrogens is 473 g/mol. The fourth-order valence-electron chi connectivity index (χ4n) is 3.84. The first-order valence-corrected chi connectivity index (χ1v) is 12.8. The van der Waals surface area contributed by atoms with E-state index in [0.717, 1.165) is 34.4 Å². The molecule has 0 aliphatic rings. The van der Waals surface area contributed by atoms with Crippen LogP contribution in [0.4, 0.5) is 13.2 Å². The van der Waals surface area contributed by atoms with Crippen LogP contribution in [0.15, 0.2) is 56.6 Å². The second kappa shape index (κ2) is 12.3. The van der Waals surface area contributed by atoms with Crippen molar-refractivity contribution in [1.82, 2.24) is 0 Å². The minimum atomic E-state index is -4.37. The number of hydrogen-bond donors (Lipinski definition) is 1. The Morgan fingerprint density at radius 1 is 0.971 bits per heavy atom. The Kier molecular flexibility index (Phi) is 10.1. The molecule has 0 aliphatic heterocycles. The summed E-state index contributed by atoms with van der Waals surface area (Å²) in [5.41, 5.74) is 2.68. The van der Waals surface area contributed by atoms with E-state index in [1.54, 1.807) is 0 Å². The van der Waals surface area contributed by atoms with Gasteiger partial charge in [-0.3, -0.25) is 0 Å². The van der Waals surface area contributed by atoms with Crippen LogP contribution in [0, 0.1) is 6.92 Å². The molecule has 2 aromatic carbocycles. The lowest BCUT2D eigenvalue weighted by molar-refractivity contribution is -0.137. The number of thioether (sulfide) groups is 1. The van der Waals surface area contributed by atoms with Gasteiger partial charge in [0.1, 0.15) is 17.1 Å². The number of rotatable bonds is 7. The Balaban J connectivity index is 0.00000210. The van der Waals surface area contributed by atoms with Crippen molar-refractivity contribution in [2.75, 3.05) is 5.75 Å². The average Bonchev–Trinajstić information content (AvgIpc) is 2.83. The molecule has 190 valence electrons. The van der Waals surface area contributed by atoms with Gasteiger partial charge in [-0.05, 0) is 60.7 Å². The van der Waals surface area contributed by atoms with E-state index in [1.165, 1.54) is 30.0 Å². The van der Waals surface area contributed by atoms with Crippen LogP contribution >= 0.6 is 11.8 Å². The molecule has 1 atom stereocenters. The van der Waals surface area contributed by atoms with E-state index in [-0.39, 0.29) is 17.2 Å². The summed E-state index contributed by atoms with van der Waals surface area (Å²) in [6.45, 7) is 11.9. The molecule has 0 aliphatic carbocycles. The fraction of sp³-hybridized carbons (Fsp3) is 0.393. The number of benzene rings is 2. The van der Waals surface area contributed by atoms with Gasteiger partial charge in [0.05, 0.1) is 5.56 Å². The molecule has 7 heteroatoms. The standard InChI is InChI=1S/C26H27F3O3S.C2H6/c1-5-17-11-15(3)12-18(6-2)23(17)24-21(30)13-22(32-25(24)31)16(4)14-33-20-9-7-19(8-10-20)26(27,28)29;1-2/h7-13,16,30H,5-6,14H2,1-4H3;1-2H3. The predicted octanol–water partition coefficient (Wildman–Crippen LogP) is 8.39. The van der Waals surface area contributed by atoms with E-state index in [2.05, 4.69) is 0 Å². The molecule has 1 N–H and O–H groups in total. The highest BCUT2D eigenvalue weighted by Crippen LogP contribution is 2.36. The Morgan fingerprint density at radius 3 is 1.97 bits per heavy atom. The van der Waals surface area contributed by atoms with Gasteiger partial charge >= 0.3 is 11.8 Å². The van der Waals surface area contributed by atoms with E-state index in [0.29, 0.717) is 29.3 Å². The first-order valence-electron chi connectivity index (χ1n) is 11.8. The van der Waals surface area contributed by atoms with Gasteiger partial charge in [-0.1, -0.05) is 52.3 Å². The topological polar surface area (TPSA) is 50.4 Å². The van der Waals surface area contributed by atoms with E-state index in [4.69, 9.17) is 4.42 Å². The van der Waals surface area contributed by atoms with Gasteiger partial charge in [-0.2, -0.15) is 13.2 Å². The molecule has 0 saturated heterocycles. The van der Waals surface area contributed by atoms with Crippen LogP contribution in [0.5, 0.6) is 5.75 Å². The van der Waals surface area contributed by atoms with Gasteiger partial charge in [0.25, 0.3) is 0 Å². The van der Waals surface area contributed by atoms with Crippen molar-refractivity contribution in [2.24, 2.45) is 0 Å². The molecule has 0 fully saturated rings. The van der Waals surface area contributed by atoms with Gasteiger partial charge < -0.3 is 9.52 Å². The lowest BCUT2D eigenvalue weighted by atomic mass is 9.90. The summed E-state index contributed by atoms with van der Waals surface area (Å²) in [5, 5.41) is 10.8. The second-order valence-corrected chi connectivity index (χ2v) is 9.19. The highest BCUT2D eigenvalue weighted by atomic mass is 32.2. The van der Waals surface area contributed by atoms with Gasteiger partial charge in [0, 0.05) is 22.6 Å². The zero-order valence-corrected chi connectivity index (χ0v) is 21.9. The molecule has 0 spiro atoms. The Morgan fingerprint density at radius 2 is 1.51 bits per heavy atom. The predicted molar refractivity (Wildman–Crippen MR) is 138 cm³/mol. The van der Waals surface area contributed by atoms with Crippen LogP contribution in [0.2, 0.25) is 0 Å². The Bertz CT molecular complexity index is 1160. The van der Waals surface area contributed by atoms with Gasteiger partial charge in [-0.15, -0.1) is 11.8 Å². The quantitative estimate of drug-likeness (QED) is 0.327. The summed E-state index contributed by atoms with van der Waals surface area (Å²) in [6.07, 6.45) is -2.94. The zero-order valence-electron chi connectivity index (χ0n) is 21.0. The highest BCUT2D eigenvalue weighted by molar-refractivity contribution is 7.99. The average molecular weight is 507 g/mol. The maximum absolute atomic E-state index is 13.0. The van der Waals surface area contributed by atoms with Crippen LogP contribution in [0.3, 0.4) is 0 Å². The molecule has 3 nitrogen and oxygen atoms in total. The molecular formula is C28H33F3O3S. The van der Waals surface area contributed by atoms with Crippen molar-refractivity contribution in [1.29, 1.82) is 0 Å². The number of hydrogen-bond acceptors (Lipinski definition) is 4. The molecule has 35 heavy (non-hydrogen) atoms. The van der Waals surface area contributed by atoms with E-state index in [1.807, 2.05) is 53.7 Å². The number of alkyl halides is 3. The third-order valence-corrected chi connectivity index (χ3v) is 6.85. The molecule has 1 unspecified atom stereocenters. The zero-order chi connectivity index (χ0) is 26.3. The van der Waals surface area contributed by atoms with Crippen molar-refractivity contribution in [2.45, 2.75) is 71.4 Å². The maximum atomic E-state index is 13.0. The number of aromatic hydroxyl groups is 1. The SMILES string of the molecule is CC.CCc1cc(C)cc(CC)c1-c1c(O)cc(C(C)CSc2ccc(C(F)(F)F)cc2)oc1=O. The molecule has 3 rings (SSSR count). The van der Waals surface area contributed by atoms with Crippen LogP contribution in [-0.4, -0.2) is 10.9 Å². The summed E-state index contributed by atoms with van der Waals surface area (Å²) in [7, 11) is 0. The summed E-state index contributed by atoms with van der Waals surface area (Å²) < 4.78 is 43.8. The van der Waals surface area contributed by atoms with E-state index in [9.17, 15) is 23.1 Å². The fourth-order valence-corrected chi connectivity index (χ4v) is 4.77. The van der Waals surface area contributed by atoms with Crippen molar-refractivity contribution < 1.29 is 22.7 Å². The molecule has 0 radical (unpaired) electrons. The first-order chi connectivity index (χ1) is 16.5. The van der Waals surface area contributed by atoms with Gasteiger partial charge in [0.15, 0.2) is 0 Å². The third kappa shape index (κ3) is 6.94. The van der Waals surface area contributed by atoms with Gasteiger partial charge in [0.2, 0.25) is 0 Å². The van der Waals surface area contributed by atoms with Crippen LogP contribution in [0.25, 0.3) is 11.1 Å². The molecule has 1 heterocycles. The molecule has 3 aromatic rings. The summed E-state index contributed by atoms with van der Waals surface area (Å²) >= 11 is 1.36. The maximum Gasteiger partial charge on any atom is 0.416 e. The molecule has 0 bridgehead atoms. The Hall–Kier alpha value is -2.67. The van der Waals surface area contributed by atoms with Crippen molar-refractivity contribution in [3.63, 3.8) is 0 Å². The lowest BCUT2D eigenvalue weighted by Crippen LogP contribution is -2.11. The molecule has 0 saturated carbocycles. The number of halogens is 3. The van der Waals surface area contributed by atoms with E-state index < -0.39 is 17.4 Å². The summed E-state index contributed by atoms with van der Waals surface area (Å²) in [5.74, 6) is 0.446. The minimum Gasteiger partial charge on any atom is -0.507 e. The Labute approximate surface area is 209 Å². The largest absolute Gasteiger partial charge is 0.507 e. The van der Waals surface area contributed by atoms with Crippen LogP contribution < -0.4 is 5.63 Å². The van der Waals surface area contributed by atoms with Crippen LogP contribution in [0.1, 0.15) is 68.6 Å². The normalized spacial score (nSPS) is 12.1. The summed E-state index contributed by atoms with van der Waals surface area (Å²) in [6, 6.07) is 10.5. The van der Waals surface area contributed by atoms with Crippen molar-refractivity contribution in [3.8, 4) is 16.9 Å². The third-order valence-electron chi connectivity index (χ3n) is 5.57. The van der Waals surface area contributed by atoms with Crippen molar-refractivity contribution in [3.05, 3.63) is 80.9 Å². The van der Waals surface area contributed by atoms with Crippen LogP contribution in [-0.2, 0) is 19.0 Å². The minimum absolute atomic E-state index is 0.124. The van der Waals surface area contributed by atoms with E-state index >= 15 is 0 Å². The monoisotopic (exact) mass is 506 g/mol. The highest BCUT2D eigenvalue weighted by Gasteiger charge is 2.30. The summed E-state index contributed by atoms with van der Waals surface area (Å²) in [4.78, 5) is 13.6. The lowest BCUT2D eigenvalue weighted by Gasteiger charge is -2.17. The molecule has 1 aromatic heterocycles. The number of aryl methyl sites for hydroxylation is 3. The van der Waals surface area contributed by atoms with Crippen molar-refractivity contribution >= 4 is 11.8 Å². The smallest absolute Gasteiger partial charge is 0.416 e.